The minimum absolute atomic E-state index is 0.0138. The molecule has 1 aliphatic rings. The molecule has 1 fully saturated rings. The predicted molar refractivity (Wildman–Crippen MR) is 85.5 cm³/mol. The molecular weight excluding hydrogens is 338 g/mol. The third-order valence-corrected chi connectivity index (χ3v) is 6.95. The average molecular weight is 353 g/mol. The molecule has 6 nitrogen and oxygen atoms in total. The summed E-state index contributed by atoms with van der Waals surface area (Å²) in [6.45, 7) is 0.623. The zero-order valence-corrected chi connectivity index (χ0v) is 13.7. The Kier molecular flexibility index (Phi) is 4.38. The van der Waals surface area contributed by atoms with E-state index in [2.05, 4.69) is 0 Å². The largest absolute Gasteiger partial charge is 0.489 e. The number of aromatic carboxylic acids is 1. The molecular formula is C15H15NO5S2. The van der Waals surface area contributed by atoms with Gasteiger partial charge in [-0.1, -0.05) is 18.2 Å². The lowest BCUT2D eigenvalue weighted by Gasteiger charge is -2.16. The molecule has 0 bridgehead atoms. The van der Waals surface area contributed by atoms with E-state index in [1.807, 2.05) is 30.3 Å². The second kappa shape index (κ2) is 6.31. The summed E-state index contributed by atoms with van der Waals surface area (Å²) < 4.78 is 32.3. The lowest BCUT2D eigenvalue weighted by molar-refractivity contribution is 0.0702. The Morgan fingerprint density at radius 3 is 2.61 bits per heavy atom. The summed E-state index contributed by atoms with van der Waals surface area (Å²) in [5, 5.41) is 8.92. The molecule has 0 spiro atoms. The van der Waals surface area contributed by atoms with Crippen molar-refractivity contribution in [2.45, 2.75) is 16.7 Å². The molecule has 8 heteroatoms. The average Bonchev–Trinajstić information content (AvgIpc) is 3.18. The number of ether oxygens (including phenoxy) is 1. The van der Waals surface area contributed by atoms with Crippen molar-refractivity contribution >= 4 is 27.3 Å². The number of hydrogen-bond donors (Lipinski definition) is 1. The first kappa shape index (κ1) is 16.0. The molecule has 1 aromatic heterocycles. The van der Waals surface area contributed by atoms with Gasteiger partial charge in [0.25, 0.3) is 10.0 Å². The maximum Gasteiger partial charge on any atom is 0.345 e. The summed E-state index contributed by atoms with van der Waals surface area (Å²) in [6, 6.07) is 11.9. The van der Waals surface area contributed by atoms with Crippen LogP contribution in [0.3, 0.4) is 0 Å². The van der Waals surface area contributed by atoms with Crippen LogP contribution in [-0.2, 0) is 10.0 Å². The minimum Gasteiger partial charge on any atom is -0.489 e. The van der Waals surface area contributed by atoms with Crippen LogP contribution in [0.1, 0.15) is 16.1 Å². The van der Waals surface area contributed by atoms with Gasteiger partial charge in [-0.25, -0.2) is 13.2 Å². The normalized spacial score (nSPS) is 18.9. The molecule has 1 N–H and O–H groups in total. The van der Waals surface area contributed by atoms with Gasteiger partial charge in [0.1, 0.15) is 20.9 Å². The van der Waals surface area contributed by atoms with E-state index in [0.717, 1.165) is 11.3 Å². The Balaban J connectivity index is 1.71. The fourth-order valence-corrected chi connectivity index (χ4v) is 5.19. The number of carboxylic acids is 1. The highest BCUT2D eigenvalue weighted by molar-refractivity contribution is 7.91. The molecule has 0 saturated carbocycles. The van der Waals surface area contributed by atoms with Gasteiger partial charge in [-0.15, -0.1) is 11.3 Å². The van der Waals surface area contributed by atoms with E-state index in [-0.39, 0.29) is 21.7 Å². The van der Waals surface area contributed by atoms with Crippen molar-refractivity contribution in [2.24, 2.45) is 0 Å². The molecule has 23 heavy (non-hydrogen) atoms. The Labute approximate surface area is 138 Å². The predicted octanol–water partition coefficient (Wildman–Crippen LogP) is 2.29. The van der Waals surface area contributed by atoms with Crippen LogP contribution in [0, 0.1) is 0 Å². The van der Waals surface area contributed by atoms with Gasteiger partial charge < -0.3 is 9.84 Å². The van der Waals surface area contributed by atoms with E-state index in [1.54, 1.807) is 0 Å². The third kappa shape index (κ3) is 3.39. The van der Waals surface area contributed by atoms with Crippen molar-refractivity contribution in [1.29, 1.82) is 0 Å². The fourth-order valence-electron chi connectivity index (χ4n) is 2.40. The van der Waals surface area contributed by atoms with Gasteiger partial charge >= 0.3 is 5.97 Å². The number of carboxylic acid groups (broad SMARTS) is 1. The lowest BCUT2D eigenvalue weighted by Crippen LogP contribution is -2.30. The Bertz CT molecular complexity index is 800. The van der Waals surface area contributed by atoms with Crippen LogP contribution in [0.5, 0.6) is 5.75 Å². The molecule has 2 aromatic rings. The Hall–Kier alpha value is -1.90. The molecule has 0 radical (unpaired) electrons. The van der Waals surface area contributed by atoms with Crippen molar-refractivity contribution in [3.8, 4) is 5.75 Å². The standard InChI is InChI=1S/C15H15NO5S2/c17-15(18)13-6-7-14(22-13)23(19,20)16-9-8-12(10-16)21-11-4-2-1-3-5-11/h1-7,12H,8-10H2,(H,17,18)/t12-/m1/s1. The molecule has 1 saturated heterocycles. The van der Waals surface area contributed by atoms with Crippen molar-refractivity contribution in [2.75, 3.05) is 13.1 Å². The van der Waals surface area contributed by atoms with Gasteiger partial charge in [0.05, 0.1) is 6.54 Å². The van der Waals surface area contributed by atoms with E-state index < -0.39 is 16.0 Å². The minimum atomic E-state index is -3.67. The maximum absolute atomic E-state index is 12.6. The highest BCUT2D eigenvalue weighted by atomic mass is 32.2. The quantitative estimate of drug-likeness (QED) is 0.891. The lowest BCUT2D eigenvalue weighted by atomic mass is 10.3. The highest BCUT2D eigenvalue weighted by Crippen LogP contribution is 2.28. The van der Waals surface area contributed by atoms with Gasteiger partial charge in [0.15, 0.2) is 0 Å². The van der Waals surface area contributed by atoms with Gasteiger partial charge in [-0.2, -0.15) is 4.31 Å². The topological polar surface area (TPSA) is 83.9 Å². The zero-order valence-electron chi connectivity index (χ0n) is 12.1. The first-order chi connectivity index (χ1) is 11.0. The SMILES string of the molecule is O=C(O)c1ccc(S(=O)(=O)N2CC[C@@H](Oc3ccccc3)C2)s1. The monoisotopic (exact) mass is 353 g/mol. The van der Waals surface area contributed by atoms with Crippen molar-refractivity contribution in [3.63, 3.8) is 0 Å². The van der Waals surface area contributed by atoms with E-state index in [0.29, 0.717) is 18.7 Å². The number of carbonyl (C=O) groups is 1. The summed E-state index contributed by atoms with van der Waals surface area (Å²) in [6.07, 6.45) is 0.400. The van der Waals surface area contributed by atoms with Gasteiger partial charge in [0.2, 0.25) is 0 Å². The van der Waals surface area contributed by atoms with Crippen LogP contribution in [0.15, 0.2) is 46.7 Å². The van der Waals surface area contributed by atoms with Crippen LogP contribution in [0.4, 0.5) is 0 Å². The van der Waals surface area contributed by atoms with E-state index in [9.17, 15) is 13.2 Å². The molecule has 0 aliphatic carbocycles. The molecule has 1 atom stereocenters. The van der Waals surface area contributed by atoms with E-state index in [4.69, 9.17) is 9.84 Å². The van der Waals surface area contributed by atoms with E-state index >= 15 is 0 Å². The third-order valence-electron chi connectivity index (χ3n) is 3.54. The van der Waals surface area contributed by atoms with Crippen LogP contribution in [0.2, 0.25) is 0 Å². The van der Waals surface area contributed by atoms with Crippen molar-refractivity contribution < 1.29 is 23.1 Å². The van der Waals surface area contributed by atoms with Gasteiger partial charge in [-0.05, 0) is 30.7 Å². The zero-order chi connectivity index (χ0) is 16.4. The molecule has 1 aliphatic heterocycles. The summed E-state index contributed by atoms with van der Waals surface area (Å²) in [4.78, 5) is 10.9. The number of nitrogens with zero attached hydrogens (tertiary/aromatic N) is 1. The second-order valence-corrected chi connectivity index (χ2v) is 8.38. The molecule has 2 heterocycles. The van der Waals surface area contributed by atoms with Crippen molar-refractivity contribution in [1.82, 2.24) is 4.31 Å². The van der Waals surface area contributed by atoms with Gasteiger partial charge in [0, 0.05) is 6.54 Å². The van der Waals surface area contributed by atoms with Crippen molar-refractivity contribution in [3.05, 3.63) is 47.3 Å². The molecule has 122 valence electrons. The number of sulfonamides is 1. The molecule has 3 rings (SSSR count). The number of para-hydroxylation sites is 1. The first-order valence-corrected chi connectivity index (χ1v) is 9.27. The summed E-state index contributed by atoms with van der Waals surface area (Å²) in [7, 11) is -3.67. The summed E-state index contributed by atoms with van der Waals surface area (Å²) >= 11 is 0.770. The van der Waals surface area contributed by atoms with Crippen LogP contribution >= 0.6 is 11.3 Å². The van der Waals surface area contributed by atoms with Gasteiger partial charge in [-0.3, -0.25) is 0 Å². The number of benzene rings is 1. The first-order valence-electron chi connectivity index (χ1n) is 7.02. The fraction of sp³-hybridized carbons (Fsp3) is 0.267. The number of hydrogen-bond acceptors (Lipinski definition) is 5. The Morgan fingerprint density at radius 1 is 1.22 bits per heavy atom. The smallest absolute Gasteiger partial charge is 0.345 e. The summed E-state index contributed by atoms with van der Waals surface area (Å²) in [5.74, 6) is -0.413. The van der Waals surface area contributed by atoms with Crippen LogP contribution in [0.25, 0.3) is 0 Å². The second-order valence-electron chi connectivity index (χ2n) is 5.13. The molecule has 0 unspecified atom stereocenters. The highest BCUT2D eigenvalue weighted by Gasteiger charge is 2.34. The maximum atomic E-state index is 12.6. The molecule has 0 amide bonds. The number of thiophene rings is 1. The summed E-state index contributed by atoms with van der Waals surface area (Å²) in [5.41, 5.74) is 0. The Morgan fingerprint density at radius 2 is 1.96 bits per heavy atom. The number of rotatable bonds is 5. The van der Waals surface area contributed by atoms with E-state index in [1.165, 1.54) is 16.4 Å². The van der Waals surface area contributed by atoms with Crippen LogP contribution < -0.4 is 4.74 Å². The molecule has 1 aromatic carbocycles. The van der Waals surface area contributed by atoms with Crippen LogP contribution in [-0.4, -0.2) is 43.0 Å².